The molecule has 0 aromatic rings. The Kier molecular flexibility index (Phi) is 6.47. The topological polar surface area (TPSA) is 77.8 Å². The summed E-state index contributed by atoms with van der Waals surface area (Å²) in [4.78, 5) is 21.1. The molecule has 0 aliphatic rings. The lowest BCUT2D eigenvalue weighted by atomic mass is 10.5. The molecular formula is C6H13NO4. The molecule has 5 heteroatoms. The van der Waals surface area contributed by atoms with E-state index in [1.165, 1.54) is 11.9 Å². The van der Waals surface area contributed by atoms with Crippen molar-refractivity contribution in [3.8, 4) is 0 Å². The van der Waals surface area contributed by atoms with Gasteiger partial charge in [-0.2, -0.15) is 0 Å². The van der Waals surface area contributed by atoms with E-state index in [1.807, 2.05) is 0 Å². The normalized spacial score (nSPS) is 8.91. The fraction of sp³-hybridized carbons (Fsp3) is 0.667. The van der Waals surface area contributed by atoms with Crippen LogP contribution in [0, 0.1) is 0 Å². The number of nitrogens with zero attached hydrogens (tertiary/aromatic N) is 1. The van der Waals surface area contributed by atoms with Gasteiger partial charge in [-0.15, -0.1) is 0 Å². The van der Waals surface area contributed by atoms with Crippen molar-refractivity contribution in [3.63, 3.8) is 0 Å². The van der Waals surface area contributed by atoms with Gasteiger partial charge in [0.25, 0.3) is 0 Å². The number of hydrogen-bond donors (Lipinski definition) is 2. The fourth-order valence-electron chi connectivity index (χ4n) is 0.518. The lowest BCUT2D eigenvalue weighted by Crippen LogP contribution is -2.30. The second kappa shape index (κ2) is 5.67. The Balaban J connectivity index is 0. The van der Waals surface area contributed by atoms with Gasteiger partial charge in [0.15, 0.2) is 0 Å². The van der Waals surface area contributed by atoms with Gasteiger partial charge in [0.2, 0.25) is 0 Å². The van der Waals surface area contributed by atoms with Crippen molar-refractivity contribution in [2.45, 2.75) is 7.43 Å². The third kappa shape index (κ3) is 8.90. The summed E-state index contributed by atoms with van der Waals surface area (Å²) in [5.74, 6) is -2.05. The Morgan fingerprint density at radius 1 is 1.18 bits per heavy atom. The summed E-state index contributed by atoms with van der Waals surface area (Å²) in [5.41, 5.74) is 0. The largest absolute Gasteiger partial charge is 0.480 e. The van der Waals surface area contributed by atoms with Crippen LogP contribution in [-0.2, 0) is 9.59 Å². The van der Waals surface area contributed by atoms with E-state index in [0.717, 1.165) is 0 Å². The first-order chi connectivity index (χ1) is 4.52. The maximum Gasteiger partial charge on any atom is 0.317 e. The lowest BCUT2D eigenvalue weighted by molar-refractivity contribution is -0.141. The van der Waals surface area contributed by atoms with Gasteiger partial charge in [-0.25, -0.2) is 0 Å². The summed E-state index contributed by atoms with van der Waals surface area (Å²) in [6.45, 7) is -0.488. The minimum atomic E-state index is -1.02. The molecule has 0 spiro atoms. The van der Waals surface area contributed by atoms with Crippen LogP contribution < -0.4 is 0 Å². The SMILES string of the molecule is C.CN(CC(=O)O)CC(=O)O. The molecule has 0 heterocycles. The van der Waals surface area contributed by atoms with E-state index < -0.39 is 11.9 Å². The van der Waals surface area contributed by atoms with Crippen LogP contribution in [0.4, 0.5) is 0 Å². The molecule has 0 rings (SSSR count). The van der Waals surface area contributed by atoms with Crippen LogP contribution in [0.2, 0.25) is 0 Å². The Bertz CT molecular complexity index is 130. The molecule has 0 fully saturated rings. The van der Waals surface area contributed by atoms with Crippen molar-refractivity contribution in [2.75, 3.05) is 20.1 Å². The van der Waals surface area contributed by atoms with Crippen molar-refractivity contribution < 1.29 is 19.8 Å². The van der Waals surface area contributed by atoms with E-state index in [-0.39, 0.29) is 20.5 Å². The van der Waals surface area contributed by atoms with E-state index in [9.17, 15) is 9.59 Å². The summed E-state index contributed by atoms with van der Waals surface area (Å²) < 4.78 is 0. The first kappa shape index (κ1) is 12.6. The summed E-state index contributed by atoms with van der Waals surface area (Å²) in [7, 11) is 1.43. The highest BCUT2D eigenvalue weighted by molar-refractivity contribution is 5.72. The van der Waals surface area contributed by atoms with Crippen LogP contribution in [-0.4, -0.2) is 47.2 Å². The number of carboxylic acids is 2. The second-order valence-electron chi connectivity index (χ2n) is 1.96. The van der Waals surface area contributed by atoms with Crippen molar-refractivity contribution in [1.29, 1.82) is 0 Å². The molecule has 0 unspecified atom stereocenters. The third-order valence-electron chi connectivity index (χ3n) is 0.810. The number of carboxylic acid groups (broad SMARTS) is 2. The Labute approximate surface area is 65.2 Å². The molecule has 11 heavy (non-hydrogen) atoms. The molecule has 0 radical (unpaired) electrons. The molecule has 66 valence electrons. The van der Waals surface area contributed by atoms with Crippen molar-refractivity contribution >= 4 is 11.9 Å². The summed E-state index contributed by atoms with van der Waals surface area (Å²) in [6.07, 6.45) is 0. The highest BCUT2D eigenvalue weighted by atomic mass is 16.4. The number of rotatable bonds is 4. The molecule has 0 saturated carbocycles. The first-order valence-electron chi connectivity index (χ1n) is 2.64. The molecule has 0 saturated heterocycles. The number of aliphatic carboxylic acids is 2. The van der Waals surface area contributed by atoms with Crippen molar-refractivity contribution in [1.82, 2.24) is 4.90 Å². The lowest BCUT2D eigenvalue weighted by Gasteiger charge is -2.08. The van der Waals surface area contributed by atoms with Gasteiger partial charge in [0.1, 0.15) is 0 Å². The maximum atomic E-state index is 9.96. The zero-order valence-corrected chi connectivity index (χ0v) is 5.57. The molecule has 0 atom stereocenters. The number of likely N-dealkylation sites (N-methyl/N-ethyl adjacent to an activating group) is 1. The number of hydrogen-bond acceptors (Lipinski definition) is 3. The quantitative estimate of drug-likeness (QED) is 0.596. The molecule has 0 bridgehead atoms. The second-order valence-corrected chi connectivity index (χ2v) is 1.96. The minimum Gasteiger partial charge on any atom is -0.480 e. The van der Waals surface area contributed by atoms with E-state index in [2.05, 4.69) is 0 Å². The average molecular weight is 163 g/mol. The molecule has 0 aromatic carbocycles. The van der Waals surface area contributed by atoms with E-state index in [1.54, 1.807) is 0 Å². The van der Waals surface area contributed by atoms with Gasteiger partial charge in [0, 0.05) is 0 Å². The molecule has 0 amide bonds. The molecule has 5 nitrogen and oxygen atoms in total. The van der Waals surface area contributed by atoms with Gasteiger partial charge in [0.05, 0.1) is 13.1 Å². The summed E-state index contributed by atoms with van der Waals surface area (Å²) in [6, 6.07) is 0. The minimum absolute atomic E-state index is 0. The highest BCUT2D eigenvalue weighted by Gasteiger charge is 2.06. The van der Waals surface area contributed by atoms with Gasteiger partial charge in [-0.3, -0.25) is 14.5 Å². The number of carbonyl (C=O) groups is 2. The van der Waals surface area contributed by atoms with Gasteiger partial charge in [-0.1, -0.05) is 7.43 Å². The van der Waals surface area contributed by atoms with Crippen LogP contribution in [0.3, 0.4) is 0 Å². The van der Waals surface area contributed by atoms with Gasteiger partial charge in [-0.05, 0) is 7.05 Å². The Morgan fingerprint density at radius 2 is 1.45 bits per heavy atom. The zero-order valence-electron chi connectivity index (χ0n) is 5.57. The molecule has 2 N–H and O–H groups in total. The van der Waals surface area contributed by atoms with Crippen LogP contribution in [0.5, 0.6) is 0 Å². The first-order valence-corrected chi connectivity index (χ1v) is 2.64. The van der Waals surface area contributed by atoms with E-state index in [0.29, 0.717) is 0 Å². The molecule has 0 aliphatic carbocycles. The third-order valence-corrected chi connectivity index (χ3v) is 0.810. The van der Waals surface area contributed by atoms with Crippen LogP contribution in [0.15, 0.2) is 0 Å². The summed E-state index contributed by atoms with van der Waals surface area (Å²) in [5, 5.41) is 16.3. The molecular weight excluding hydrogens is 150 g/mol. The average Bonchev–Trinajstić information content (AvgIpc) is 1.58. The van der Waals surface area contributed by atoms with E-state index >= 15 is 0 Å². The standard InChI is InChI=1S/C5H9NO4.CH4/c1-6(2-4(7)8)3-5(9)10;/h2-3H2,1H3,(H,7,8)(H,9,10);1H4. The summed E-state index contributed by atoms with van der Waals surface area (Å²) >= 11 is 0. The van der Waals surface area contributed by atoms with Gasteiger partial charge < -0.3 is 10.2 Å². The zero-order chi connectivity index (χ0) is 8.15. The maximum absolute atomic E-state index is 9.96. The Morgan fingerprint density at radius 3 is 1.64 bits per heavy atom. The predicted octanol–water partition coefficient (Wildman–Crippen LogP) is -0.277. The van der Waals surface area contributed by atoms with Crippen LogP contribution in [0.1, 0.15) is 7.43 Å². The molecule has 0 aromatic heterocycles. The van der Waals surface area contributed by atoms with Crippen LogP contribution in [0.25, 0.3) is 0 Å². The highest BCUT2D eigenvalue weighted by Crippen LogP contribution is 1.80. The monoisotopic (exact) mass is 163 g/mol. The predicted molar refractivity (Wildman–Crippen MR) is 39.5 cm³/mol. The molecule has 0 aliphatic heterocycles. The smallest absolute Gasteiger partial charge is 0.317 e. The van der Waals surface area contributed by atoms with Crippen molar-refractivity contribution in [3.05, 3.63) is 0 Å². The Hall–Kier alpha value is -1.10. The van der Waals surface area contributed by atoms with Crippen LogP contribution >= 0.6 is 0 Å². The van der Waals surface area contributed by atoms with Gasteiger partial charge >= 0.3 is 11.9 Å². The van der Waals surface area contributed by atoms with Crippen molar-refractivity contribution in [2.24, 2.45) is 0 Å². The fourth-order valence-corrected chi connectivity index (χ4v) is 0.518. The van der Waals surface area contributed by atoms with E-state index in [4.69, 9.17) is 10.2 Å².